The molecule has 0 aromatic carbocycles. The quantitative estimate of drug-likeness (QED) is 0.0345. The average Bonchev–Trinajstić information content (AvgIpc) is 3.20. The van der Waals surface area contributed by atoms with Crippen molar-refractivity contribution in [3.05, 3.63) is 0 Å². The zero-order valence-electron chi connectivity index (χ0n) is 40.4. The Labute approximate surface area is 368 Å². The lowest BCUT2D eigenvalue weighted by atomic mass is 10.0. The minimum absolute atomic E-state index is 0.0641. The molecule has 350 valence electrons. The van der Waals surface area contributed by atoms with Crippen molar-refractivity contribution in [2.75, 3.05) is 13.2 Å². The van der Waals surface area contributed by atoms with Gasteiger partial charge in [-0.25, -0.2) is 0 Å². The third-order valence-corrected chi connectivity index (χ3v) is 12.0. The number of rotatable bonds is 47. The van der Waals surface area contributed by atoms with Gasteiger partial charge in [0, 0.05) is 19.3 Å². The third kappa shape index (κ3) is 47.3. The predicted molar refractivity (Wildman–Crippen MR) is 252 cm³/mol. The second kappa shape index (κ2) is 45.9. The van der Waals surface area contributed by atoms with Crippen LogP contribution in [0.15, 0.2) is 0 Å². The lowest BCUT2D eigenvalue weighted by molar-refractivity contribution is -0.167. The summed E-state index contributed by atoms with van der Waals surface area (Å²) in [6.07, 6.45) is 46.8. The Morgan fingerprint density at radius 2 is 0.559 bits per heavy atom. The van der Waals surface area contributed by atoms with Gasteiger partial charge in [-0.1, -0.05) is 253 Å². The minimum atomic E-state index is -0.761. The first kappa shape index (κ1) is 57.4. The Bertz CT molecular complexity index is 900. The molecule has 0 fully saturated rings. The van der Waals surface area contributed by atoms with E-state index in [-0.39, 0.29) is 31.1 Å². The van der Waals surface area contributed by atoms with Gasteiger partial charge in [-0.3, -0.25) is 14.4 Å². The van der Waals surface area contributed by atoms with Crippen LogP contribution in [0.5, 0.6) is 0 Å². The molecule has 0 radical (unpaired) electrons. The number of hydrogen-bond acceptors (Lipinski definition) is 6. The first-order valence-electron chi connectivity index (χ1n) is 26.2. The fourth-order valence-corrected chi connectivity index (χ4v) is 7.99. The van der Waals surface area contributed by atoms with E-state index in [2.05, 4.69) is 34.6 Å². The van der Waals surface area contributed by atoms with Gasteiger partial charge in [-0.2, -0.15) is 0 Å². The van der Waals surface area contributed by atoms with Gasteiger partial charge in [0.2, 0.25) is 0 Å². The topological polar surface area (TPSA) is 78.9 Å². The molecule has 0 aliphatic heterocycles. The van der Waals surface area contributed by atoms with Crippen molar-refractivity contribution >= 4 is 17.9 Å². The van der Waals surface area contributed by atoms with Gasteiger partial charge >= 0.3 is 17.9 Å². The van der Waals surface area contributed by atoms with Crippen LogP contribution in [-0.4, -0.2) is 37.2 Å². The maximum Gasteiger partial charge on any atom is 0.306 e. The molecule has 6 heteroatoms. The summed E-state index contributed by atoms with van der Waals surface area (Å²) in [5.41, 5.74) is 0. The summed E-state index contributed by atoms with van der Waals surface area (Å²) >= 11 is 0. The standard InChI is InChI=1S/C53H102O6/c1-6-7-8-9-10-21-28-33-38-43-51(54)57-46-50(59-53(56)45-40-35-30-25-24-27-32-37-42-49(4)5)47-58-52(55)44-39-34-29-23-20-18-16-14-12-11-13-15-17-19-22-26-31-36-41-48(2)3/h48-50H,6-47H2,1-5H3/t50-/m0/s1. The second-order valence-corrected chi connectivity index (χ2v) is 19.1. The number of hydrogen-bond donors (Lipinski definition) is 0. The largest absolute Gasteiger partial charge is 0.462 e. The molecule has 0 aliphatic carbocycles. The minimum Gasteiger partial charge on any atom is -0.462 e. The van der Waals surface area contributed by atoms with E-state index in [1.54, 1.807) is 0 Å². The van der Waals surface area contributed by atoms with Crippen LogP contribution in [0.2, 0.25) is 0 Å². The molecule has 0 rings (SSSR count). The summed E-state index contributed by atoms with van der Waals surface area (Å²) in [4.78, 5) is 37.8. The van der Waals surface area contributed by atoms with Crippen LogP contribution in [0.25, 0.3) is 0 Å². The molecule has 0 spiro atoms. The number of carbonyl (C=O) groups is 3. The molecule has 0 saturated heterocycles. The van der Waals surface area contributed by atoms with Crippen LogP contribution >= 0.6 is 0 Å². The van der Waals surface area contributed by atoms with Gasteiger partial charge in [-0.15, -0.1) is 0 Å². The van der Waals surface area contributed by atoms with Crippen molar-refractivity contribution in [1.29, 1.82) is 0 Å². The van der Waals surface area contributed by atoms with Crippen molar-refractivity contribution in [3.63, 3.8) is 0 Å². The van der Waals surface area contributed by atoms with Crippen LogP contribution in [-0.2, 0) is 28.6 Å². The van der Waals surface area contributed by atoms with Crippen LogP contribution in [0.3, 0.4) is 0 Å². The smallest absolute Gasteiger partial charge is 0.306 e. The molecule has 0 unspecified atom stereocenters. The third-order valence-electron chi connectivity index (χ3n) is 12.0. The first-order chi connectivity index (χ1) is 28.7. The zero-order valence-corrected chi connectivity index (χ0v) is 40.4. The fourth-order valence-electron chi connectivity index (χ4n) is 7.99. The lowest BCUT2D eigenvalue weighted by Crippen LogP contribution is -2.30. The summed E-state index contributed by atoms with van der Waals surface area (Å²) in [6.45, 7) is 11.3. The number of carbonyl (C=O) groups excluding carboxylic acids is 3. The molecule has 0 bridgehead atoms. The van der Waals surface area contributed by atoms with E-state index >= 15 is 0 Å². The Kier molecular flexibility index (Phi) is 44.7. The van der Waals surface area contributed by atoms with Crippen LogP contribution in [0.4, 0.5) is 0 Å². The van der Waals surface area contributed by atoms with Gasteiger partial charge in [0.1, 0.15) is 13.2 Å². The monoisotopic (exact) mass is 835 g/mol. The number of ether oxygens (including phenoxy) is 3. The molecule has 0 heterocycles. The SMILES string of the molecule is CCCCCCCCCCCC(=O)OC[C@@H](COC(=O)CCCCCCCCCCCCCCCCCCCCC(C)C)OC(=O)CCCCCCCCCCC(C)C. The Morgan fingerprint density at radius 3 is 0.831 bits per heavy atom. The fraction of sp³-hybridized carbons (Fsp3) is 0.943. The first-order valence-corrected chi connectivity index (χ1v) is 26.2. The number of unbranched alkanes of at least 4 members (excludes halogenated alkanes) is 32. The van der Waals surface area contributed by atoms with E-state index in [1.165, 1.54) is 180 Å². The maximum atomic E-state index is 12.7. The van der Waals surface area contributed by atoms with Gasteiger partial charge in [0.25, 0.3) is 0 Å². The average molecular weight is 835 g/mol. The molecule has 0 N–H and O–H groups in total. The zero-order chi connectivity index (χ0) is 43.3. The van der Waals surface area contributed by atoms with E-state index in [0.29, 0.717) is 19.3 Å². The molecule has 0 aromatic heterocycles. The highest BCUT2D eigenvalue weighted by molar-refractivity contribution is 5.71. The Morgan fingerprint density at radius 1 is 0.322 bits per heavy atom. The molecule has 0 aliphatic rings. The summed E-state index contributed by atoms with van der Waals surface area (Å²) in [5.74, 6) is 0.800. The van der Waals surface area contributed by atoms with E-state index in [1.807, 2.05) is 0 Å². The van der Waals surface area contributed by atoms with Gasteiger partial charge in [0.05, 0.1) is 0 Å². The van der Waals surface area contributed by atoms with Crippen molar-refractivity contribution in [2.24, 2.45) is 11.8 Å². The summed E-state index contributed by atoms with van der Waals surface area (Å²) in [5, 5.41) is 0. The molecule has 1 atom stereocenters. The lowest BCUT2D eigenvalue weighted by Gasteiger charge is -2.18. The van der Waals surface area contributed by atoms with Crippen molar-refractivity contribution < 1.29 is 28.6 Å². The maximum absolute atomic E-state index is 12.7. The molecule has 0 saturated carbocycles. The van der Waals surface area contributed by atoms with Crippen LogP contribution in [0.1, 0.15) is 291 Å². The molecular weight excluding hydrogens is 733 g/mol. The molecule has 6 nitrogen and oxygen atoms in total. The van der Waals surface area contributed by atoms with Gasteiger partial charge in [0.15, 0.2) is 6.10 Å². The molecular formula is C53H102O6. The summed E-state index contributed by atoms with van der Waals surface area (Å²) in [7, 11) is 0. The molecule has 59 heavy (non-hydrogen) atoms. The second-order valence-electron chi connectivity index (χ2n) is 19.1. The van der Waals surface area contributed by atoms with E-state index in [0.717, 1.165) is 69.6 Å². The summed E-state index contributed by atoms with van der Waals surface area (Å²) < 4.78 is 16.8. The van der Waals surface area contributed by atoms with Crippen molar-refractivity contribution in [1.82, 2.24) is 0 Å². The Balaban J connectivity index is 4.16. The van der Waals surface area contributed by atoms with Gasteiger partial charge in [-0.05, 0) is 31.1 Å². The van der Waals surface area contributed by atoms with E-state index in [4.69, 9.17) is 14.2 Å². The molecule has 0 amide bonds. The Hall–Kier alpha value is -1.59. The van der Waals surface area contributed by atoms with Crippen LogP contribution < -0.4 is 0 Å². The van der Waals surface area contributed by atoms with E-state index in [9.17, 15) is 14.4 Å². The molecule has 0 aromatic rings. The van der Waals surface area contributed by atoms with Crippen molar-refractivity contribution in [3.8, 4) is 0 Å². The van der Waals surface area contributed by atoms with Gasteiger partial charge < -0.3 is 14.2 Å². The highest BCUT2D eigenvalue weighted by Crippen LogP contribution is 2.17. The highest BCUT2D eigenvalue weighted by Gasteiger charge is 2.19. The normalized spacial score (nSPS) is 12.1. The highest BCUT2D eigenvalue weighted by atomic mass is 16.6. The summed E-state index contributed by atoms with van der Waals surface area (Å²) in [6, 6.07) is 0. The predicted octanol–water partition coefficient (Wildman–Crippen LogP) is 16.9. The van der Waals surface area contributed by atoms with Crippen molar-refractivity contribution in [2.45, 2.75) is 298 Å². The number of esters is 3. The van der Waals surface area contributed by atoms with E-state index < -0.39 is 6.10 Å². The van der Waals surface area contributed by atoms with Crippen LogP contribution in [0, 0.1) is 11.8 Å².